The molecular weight excluding hydrogens is 271 g/mol. The van der Waals surface area contributed by atoms with E-state index in [0.717, 1.165) is 4.31 Å². The number of nitrogens with one attached hydrogen (secondary N) is 1. The number of aliphatic hydroxyl groups is 1. The summed E-state index contributed by atoms with van der Waals surface area (Å²) in [5.41, 5.74) is 0.454. The van der Waals surface area contributed by atoms with Gasteiger partial charge < -0.3 is 5.11 Å². The van der Waals surface area contributed by atoms with Gasteiger partial charge in [0.15, 0.2) is 0 Å². The van der Waals surface area contributed by atoms with E-state index in [1.165, 1.54) is 31.3 Å². The minimum atomic E-state index is -3.62. The zero-order valence-corrected chi connectivity index (χ0v) is 12.0. The maximum absolute atomic E-state index is 12.8. The molecule has 1 aromatic rings. The van der Waals surface area contributed by atoms with Crippen LogP contribution in [0.3, 0.4) is 0 Å². The molecule has 108 valence electrons. The lowest BCUT2D eigenvalue weighted by molar-refractivity contribution is 0.145. The summed E-state index contributed by atoms with van der Waals surface area (Å²) in [5, 5.41) is 10.0. The molecule has 0 saturated heterocycles. The van der Waals surface area contributed by atoms with Crippen molar-refractivity contribution in [2.24, 2.45) is 0 Å². The second kappa shape index (κ2) is 6.42. The highest BCUT2D eigenvalue weighted by molar-refractivity contribution is 7.87. The van der Waals surface area contributed by atoms with Gasteiger partial charge in [0.25, 0.3) is 10.2 Å². The quantitative estimate of drug-likeness (QED) is 0.822. The molecule has 0 heterocycles. The molecule has 0 aliphatic carbocycles. The molecule has 2 unspecified atom stereocenters. The lowest BCUT2D eigenvalue weighted by atomic mass is 10.0. The van der Waals surface area contributed by atoms with Crippen LogP contribution >= 0.6 is 0 Å². The van der Waals surface area contributed by atoms with Gasteiger partial charge in [0.2, 0.25) is 0 Å². The molecule has 1 aromatic carbocycles. The van der Waals surface area contributed by atoms with E-state index in [1.807, 2.05) is 0 Å². The first kappa shape index (κ1) is 16.0. The fraction of sp³-hybridized carbons (Fsp3) is 0.500. The minimum absolute atomic E-state index is 0.328. The fourth-order valence-corrected chi connectivity index (χ4v) is 2.63. The van der Waals surface area contributed by atoms with E-state index in [9.17, 15) is 17.9 Å². The van der Waals surface area contributed by atoms with Crippen LogP contribution in [0.15, 0.2) is 24.3 Å². The first-order valence-electron chi connectivity index (χ1n) is 5.95. The number of benzene rings is 1. The monoisotopic (exact) mass is 290 g/mol. The zero-order valence-electron chi connectivity index (χ0n) is 11.2. The van der Waals surface area contributed by atoms with Gasteiger partial charge in [0.1, 0.15) is 5.82 Å². The number of aliphatic hydroxyl groups excluding tert-OH is 1. The molecule has 5 nitrogen and oxygen atoms in total. The van der Waals surface area contributed by atoms with Crippen LogP contribution in [0.25, 0.3) is 0 Å². The van der Waals surface area contributed by atoms with E-state index in [-0.39, 0.29) is 0 Å². The molecular formula is C12H19FN2O3S. The van der Waals surface area contributed by atoms with Crippen molar-refractivity contribution in [3.8, 4) is 0 Å². The van der Waals surface area contributed by atoms with E-state index < -0.39 is 28.2 Å². The third-order valence-electron chi connectivity index (χ3n) is 2.88. The SMILES string of the molecule is CCN(C)S(=O)(=O)NC(C)C(O)c1ccc(F)cc1. The summed E-state index contributed by atoms with van der Waals surface area (Å²) in [6, 6.07) is 4.57. The Balaban J connectivity index is 2.78. The van der Waals surface area contributed by atoms with Gasteiger partial charge in [0, 0.05) is 13.6 Å². The summed E-state index contributed by atoms with van der Waals surface area (Å²) in [4.78, 5) is 0. The molecule has 0 saturated carbocycles. The van der Waals surface area contributed by atoms with Crippen LogP contribution in [0, 0.1) is 5.82 Å². The third kappa shape index (κ3) is 4.24. The molecule has 19 heavy (non-hydrogen) atoms. The van der Waals surface area contributed by atoms with Crippen molar-refractivity contribution < 1.29 is 17.9 Å². The van der Waals surface area contributed by atoms with E-state index >= 15 is 0 Å². The van der Waals surface area contributed by atoms with Crippen molar-refractivity contribution in [2.75, 3.05) is 13.6 Å². The van der Waals surface area contributed by atoms with Gasteiger partial charge in [-0.25, -0.2) is 4.39 Å². The first-order chi connectivity index (χ1) is 8.77. The Labute approximate surface area is 113 Å². The highest BCUT2D eigenvalue weighted by Crippen LogP contribution is 2.17. The van der Waals surface area contributed by atoms with Crippen molar-refractivity contribution in [2.45, 2.75) is 26.0 Å². The van der Waals surface area contributed by atoms with Crippen LogP contribution in [-0.4, -0.2) is 37.5 Å². The smallest absolute Gasteiger partial charge is 0.279 e. The van der Waals surface area contributed by atoms with Crippen LogP contribution < -0.4 is 4.72 Å². The summed E-state index contributed by atoms with van der Waals surface area (Å²) >= 11 is 0. The first-order valence-corrected chi connectivity index (χ1v) is 7.39. The standard InChI is InChI=1S/C12H19FN2O3S/c1-4-15(3)19(17,18)14-9(2)12(16)10-5-7-11(13)8-6-10/h5-9,12,14,16H,4H2,1-3H3. The van der Waals surface area contributed by atoms with E-state index in [2.05, 4.69) is 4.72 Å². The summed E-state index contributed by atoms with van der Waals surface area (Å²) in [7, 11) is -2.18. The highest BCUT2D eigenvalue weighted by Gasteiger charge is 2.24. The number of hydrogen-bond donors (Lipinski definition) is 2. The second-order valence-electron chi connectivity index (χ2n) is 4.32. The lowest BCUT2D eigenvalue weighted by Gasteiger charge is -2.23. The van der Waals surface area contributed by atoms with Crippen LogP contribution in [0.2, 0.25) is 0 Å². The molecule has 7 heteroatoms. The Morgan fingerprint density at radius 3 is 2.37 bits per heavy atom. The summed E-state index contributed by atoms with van der Waals surface area (Å²) in [6.45, 7) is 3.59. The lowest BCUT2D eigenvalue weighted by Crippen LogP contribution is -2.44. The molecule has 0 aromatic heterocycles. The predicted molar refractivity (Wildman–Crippen MR) is 71.2 cm³/mol. The van der Waals surface area contributed by atoms with Gasteiger partial charge in [-0.05, 0) is 24.6 Å². The van der Waals surface area contributed by atoms with Crippen LogP contribution in [0.1, 0.15) is 25.5 Å². The molecule has 2 N–H and O–H groups in total. The normalized spacial score (nSPS) is 15.5. The van der Waals surface area contributed by atoms with E-state index in [4.69, 9.17) is 0 Å². The Morgan fingerprint density at radius 2 is 1.89 bits per heavy atom. The van der Waals surface area contributed by atoms with Crippen molar-refractivity contribution >= 4 is 10.2 Å². The van der Waals surface area contributed by atoms with Gasteiger partial charge in [0.05, 0.1) is 12.1 Å². The van der Waals surface area contributed by atoms with Gasteiger partial charge in [-0.1, -0.05) is 19.1 Å². The minimum Gasteiger partial charge on any atom is -0.387 e. The molecule has 0 spiro atoms. The van der Waals surface area contributed by atoms with Crippen molar-refractivity contribution in [1.29, 1.82) is 0 Å². The van der Waals surface area contributed by atoms with Crippen LogP contribution in [0.5, 0.6) is 0 Å². The topological polar surface area (TPSA) is 69.6 Å². The largest absolute Gasteiger partial charge is 0.387 e. The van der Waals surface area contributed by atoms with Crippen molar-refractivity contribution in [3.05, 3.63) is 35.6 Å². The molecule has 0 bridgehead atoms. The fourth-order valence-electron chi connectivity index (χ4n) is 1.51. The average molecular weight is 290 g/mol. The molecule has 0 amide bonds. The predicted octanol–water partition coefficient (Wildman–Crippen LogP) is 1.03. The van der Waals surface area contributed by atoms with Gasteiger partial charge >= 0.3 is 0 Å². The molecule has 1 rings (SSSR count). The molecule has 0 aliphatic heterocycles. The second-order valence-corrected chi connectivity index (χ2v) is 6.13. The van der Waals surface area contributed by atoms with Gasteiger partial charge in [-0.3, -0.25) is 0 Å². The van der Waals surface area contributed by atoms with Gasteiger partial charge in [-0.15, -0.1) is 0 Å². The molecule has 2 atom stereocenters. The molecule has 0 fully saturated rings. The summed E-state index contributed by atoms with van der Waals surface area (Å²) in [5.74, 6) is -0.407. The Morgan fingerprint density at radius 1 is 1.37 bits per heavy atom. The maximum atomic E-state index is 12.8. The molecule has 0 aliphatic rings. The van der Waals surface area contributed by atoms with Crippen molar-refractivity contribution in [3.63, 3.8) is 0 Å². The summed E-state index contributed by atoms with van der Waals surface area (Å²) < 4.78 is 39.9. The third-order valence-corrected chi connectivity index (χ3v) is 4.62. The highest BCUT2D eigenvalue weighted by atomic mass is 32.2. The van der Waals surface area contributed by atoms with Crippen LogP contribution in [-0.2, 0) is 10.2 Å². The Hall–Kier alpha value is -1.02. The Kier molecular flexibility index (Phi) is 5.42. The van der Waals surface area contributed by atoms with E-state index in [1.54, 1.807) is 13.8 Å². The number of hydrogen-bond acceptors (Lipinski definition) is 3. The Bertz CT molecular complexity index is 504. The van der Waals surface area contributed by atoms with Gasteiger partial charge in [-0.2, -0.15) is 17.4 Å². The van der Waals surface area contributed by atoms with E-state index in [0.29, 0.717) is 12.1 Å². The van der Waals surface area contributed by atoms with Crippen molar-refractivity contribution in [1.82, 2.24) is 9.03 Å². The zero-order chi connectivity index (χ0) is 14.6. The van der Waals surface area contributed by atoms with Crippen LogP contribution in [0.4, 0.5) is 4.39 Å². The summed E-state index contributed by atoms with van der Waals surface area (Å²) in [6.07, 6.45) is -1.04. The maximum Gasteiger partial charge on any atom is 0.279 e. The number of nitrogens with zero attached hydrogens (tertiary/aromatic N) is 1. The molecule has 0 radical (unpaired) electrons. The number of halogens is 1. The average Bonchev–Trinajstić information content (AvgIpc) is 2.37. The number of rotatable bonds is 6.